The summed E-state index contributed by atoms with van der Waals surface area (Å²) in [5.74, 6) is 1.73. The molecule has 1 unspecified atom stereocenters. The van der Waals surface area contributed by atoms with Crippen LogP contribution in [0, 0.1) is 12.8 Å². The number of hydrogen-bond acceptors (Lipinski definition) is 4. The summed E-state index contributed by atoms with van der Waals surface area (Å²) >= 11 is 0. The average molecular weight is 350 g/mol. The van der Waals surface area contributed by atoms with Crippen molar-refractivity contribution in [1.29, 1.82) is 0 Å². The third kappa shape index (κ3) is 4.41. The number of alkyl halides is 3. The molecule has 1 aliphatic heterocycles. The third-order valence-electron chi connectivity index (χ3n) is 4.27. The second-order valence-corrected chi connectivity index (χ2v) is 6.59. The van der Waals surface area contributed by atoms with Gasteiger partial charge in [0.05, 0.1) is 5.56 Å². The molecule has 1 N–H and O–H groups in total. The molecule has 1 atom stereocenters. The van der Waals surface area contributed by atoms with Gasteiger partial charge in [-0.05, 0) is 43.9 Å². The first-order valence-electron chi connectivity index (χ1n) is 8.36. The highest BCUT2D eigenvalue weighted by Crippen LogP contribution is 2.31. The molecule has 4 nitrogen and oxygen atoms in total. The van der Waals surface area contributed by atoms with Crippen molar-refractivity contribution < 1.29 is 13.2 Å². The van der Waals surface area contributed by atoms with E-state index in [4.69, 9.17) is 0 Å². The predicted octanol–water partition coefficient (Wildman–Crippen LogP) is 4.78. The zero-order valence-corrected chi connectivity index (χ0v) is 14.3. The Morgan fingerprint density at radius 1 is 1.20 bits per heavy atom. The molecule has 1 aromatic carbocycles. The Hall–Kier alpha value is -2.31. The van der Waals surface area contributed by atoms with E-state index >= 15 is 0 Å². The number of anilines is 3. The van der Waals surface area contributed by atoms with Crippen molar-refractivity contribution in [2.75, 3.05) is 23.3 Å². The molecule has 7 heteroatoms. The van der Waals surface area contributed by atoms with Crippen molar-refractivity contribution in [1.82, 2.24) is 9.97 Å². The Kier molecular flexibility index (Phi) is 4.83. The number of piperidine rings is 1. The van der Waals surface area contributed by atoms with Gasteiger partial charge in [0.2, 0.25) is 5.95 Å². The van der Waals surface area contributed by atoms with Crippen molar-refractivity contribution in [3.63, 3.8) is 0 Å². The van der Waals surface area contributed by atoms with Crippen LogP contribution in [0.15, 0.2) is 30.3 Å². The maximum absolute atomic E-state index is 12.8. The molecule has 2 heterocycles. The first-order valence-corrected chi connectivity index (χ1v) is 8.36. The van der Waals surface area contributed by atoms with Crippen molar-refractivity contribution >= 4 is 17.5 Å². The molecule has 0 radical (unpaired) electrons. The number of rotatable bonds is 3. The van der Waals surface area contributed by atoms with Gasteiger partial charge in [0.1, 0.15) is 5.82 Å². The van der Waals surface area contributed by atoms with E-state index in [1.54, 1.807) is 6.07 Å². The highest BCUT2D eigenvalue weighted by molar-refractivity contribution is 5.57. The molecule has 134 valence electrons. The Bertz CT molecular complexity index is 745. The van der Waals surface area contributed by atoms with E-state index in [-0.39, 0.29) is 0 Å². The van der Waals surface area contributed by atoms with E-state index in [2.05, 4.69) is 27.1 Å². The molecule has 0 amide bonds. The van der Waals surface area contributed by atoms with Crippen LogP contribution in [-0.4, -0.2) is 23.1 Å². The molecule has 1 fully saturated rings. The molecule has 2 aromatic rings. The van der Waals surface area contributed by atoms with Crippen LogP contribution in [0.25, 0.3) is 0 Å². The van der Waals surface area contributed by atoms with Gasteiger partial charge < -0.3 is 10.2 Å². The lowest BCUT2D eigenvalue weighted by atomic mass is 10.0. The maximum Gasteiger partial charge on any atom is 0.416 e. The molecule has 1 aromatic heterocycles. The molecule has 1 saturated heterocycles. The van der Waals surface area contributed by atoms with Crippen molar-refractivity contribution in [2.24, 2.45) is 5.92 Å². The van der Waals surface area contributed by atoms with E-state index < -0.39 is 11.7 Å². The first kappa shape index (κ1) is 17.5. The van der Waals surface area contributed by atoms with Crippen LogP contribution in [0.1, 0.15) is 31.0 Å². The predicted molar refractivity (Wildman–Crippen MR) is 92.1 cm³/mol. The minimum Gasteiger partial charge on any atom is -0.356 e. The van der Waals surface area contributed by atoms with Crippen molar-refractivity contribution in [2.45, 2.75) is 32.9 Å². The summed E-state index contributed by atoms with van der Waals surface area (Å²) in [5.41, 5.74) is 0.395. The summed E-state index contributed by atoms with van der Waals surface area (Å²) in [5, 5.41) is 2.90. The SMILES string of the molecule is Cc1cc(N2CCCC(C)C2)nc(Nc2cccc(C(F)(F)F)c2)n1. The van der Waals surface area contributed by atoms with Gasteiger partial charge in [-0.15, -0.1) is 0 Å². The summed E-state index contributed by atoms with van der Waals surface area (Å²) in [6.45, 7) is 5.93. The van der Waals surface area contributed by atoms with Gasteiger partial charge in [-0.25, -0.2) is 4.98 Å². The Labute approximate surface area is 145 Å². The van der Waals surface area contributed by atoms with E-state index in [9.17, 15) is 13.2 Å². The van der Waals surface area contributed by atoms with Crippen LogP contribution >= 0.6 is 0 Å². The molecular formula is C18H21F3N4. The van der Waals surface area contributed by atoms with Crippen LogP contribution in [0.3, 0.4) is 0 Å². The third-order valence-corrected chi connectivity index (χ3v) is 4.27. The molecule has 25 heavy (non-hydrogen) atoms. The van der Waals surface area contributed by atoms with Crippen LogP contribution < -0.4 is 10.2 Å². The number of nitrogens with one attached hydrogen (secondary N) is 1. The number of benzene rings is 1. The zero-order chi connectivity index (χ0) is 18.0. The van der Waals surface area contributed by atoms with E-state index in [1.807, 2.05) is 13.0 Å². The van der Waals surface area contributed by atoms with E-state index in [1.165, 1.54) is 12.5 Å². The fourth-order valence-corrected chi connectivity index (χ4v) is 3.07. The molecular weight excluding hydrogens is 329 g/mol. The van der Waals surface area contributed by atoms with Crippen molar-refractivity contribution in [3.05, 3.63) is 41.6 Å². The molecule has 0 aliphatic carbocycles. The van der Waals surface area contributed by atoms with Crippen LogP contribution in [-0.2, 0) is 6.18 Å². The van der Waals surface area contributed by atoms with Gasteiger partial charge in [0.15, 0.2) is 0 Å². The maximum atomic E-state index is 12.8. The largest absolute Gasteiger partial charge is 0.416 e. The van der Waals surface area contributed by atoms with Crippen LogP contribution in [0.4, 0.5) is 30.6 Å². The highest BCUT2D eigenvalue weighted by atomic mass is 19.4. The summed E-state index contributed by atoms with van der Waals surface area (Å²) < 4.78 is 38.5. The van der Waals surface area contributed by atoms with Crippen LogP contribution in [0.2, 0.25) is 0 Å². The minimum absolute atomic E-state index is 0.313. The number of halogens is 3. The molecule has 1 aliphatic rings. The Morgan fingerprint density at radius 3 is 2.72 bits per heavy atom. The quantitative estimate of drug-likeness (QED) is 0.865. The highest BCUT2D eigenvalue weighted by Gasteiger charge is 2.30. The molecule has 0 spiro atoms. The zero-order valence-electron chi connectivity index (χ0n) is 14.3. The van der Waals surface area contributed by atoms with Crippen LogP contribution in [0.5, 0.6) is 0 Å². The summed E-state index contributed by atoms with van der Waals surface area (Å²) in [4.78, 5) is 11.0. The fraction of sp³-hybridized carbons (Fsp3) is 0.444. The minimum atomic E-state index is -4.37. The average Bonchev–Trinajstić information content (AvgIpc) is 2.54. The fourth-order valence-electron chi connectivity index (χ4n) is 3.07. The Balaban J connectivity index is 1.83. The number of hydrogen-bond donors (Lipinski definition) is 1. The lowest BCUT2D eigenvalue weighted by molar-refractivity contribution is -0.137. The smallest absolute Gasteiger partial charge is 0.356 e. The topological polar surface area (TPSA) is 41.1 Å². The lowest BCUT2D eigenvalue weighted by Gasteiger charge is -2.32. The molecule has 3 rings (SSSR count). The second kappa shape index (κ2) is 6.90. The Morgan fingerprint density at radius 2 is 2.00 bits per heavy atom. The lowest BCUT2D eigenvalue weighted by Crippen LogP contribution is -2.35. The van der Waals surface area contributed by atoms with Gasteiger partial charge >= 0.3 is 6.18 Å². The van der Waals surface area contributed by atoms with Gasteiger partial charge in [-0.3, -0.25) is 0 Å². The van der Waals surface area contributed by atoms with Gasteiger partial charge in [0, 0.05) is 30.5 Å². The first-order chi connectivity index (χ1) is 11.8. The molecule has 0 bridgehead atoms. The molecule has 0 saturated carbocycles. The summed E-state index contributed by atoms with van der Waals surface area (Å²) in [7, 11) is 0. The van der Waals surface area contributed by atoms with Gasteiger partial charge in [0.25, 0.3) is 0 Å². The standard InChI is InChI=1S/C18H21F3N4/c1-12-5-4-8-25(11-12)16-9-13(2)22-17(24-16)23-15-7-3-6-14(10-15)18(19,20)21/h3,6-7,9-10,12H,4-5,8,11H2,1-2H3,(H,22,23,24). The van der Waals surface area contributed by atoms with Gasteiger partial charge in [-0.1, -0.05) is 13.0 Å². The van der Waals surface area contributed by atoms with E-state index in [0.717, 1.165) is 43.2 Å². The number of nitrogens with zero attached hydrogens (tertiary/aromatic N) is 3. The van der Waals surface area contributed by atoms with Gasteiger partial charge in [-0.2, -0.15) is 18.2 Å². The van der Waals surface area contributed by atoms with Crippen molar-refractivity contribution in [3.8, 4) is 0 Å². The number of aryl methyl sites for hydroxylation is 1. The van der Waals surface area contributed by atoms with E-state index in [0.29, 0.717) is 17.6 Å². The summed E-state index contributed by atoms with van der Waals surface area (Å²) in [6.07, 6.45) is -2.06. The normalized spacial score (nSPS) is 18.3. The number of aromatic nitrogens is 2. The second-order valence-electron chi connectivity index (χ2n) is 6.59. The monoisotopic (exact) mass is 350 g/mol. The summed E-state index contributed by atoms with van der Waals surface area (Å²) in [6, 6.07) is 6.96.